The van der Waals surface area contributed by atoms with Crippen LogP contribution in [0.15, 0.2) is 24.3 Å². The number of carbonyl (C=O) groups is 2. The van der Waals surface area contributed by atoms with Gasteiger partial charge in [0.15, 0.2) is 0 Å². The van der Waals surface area contributed by atoms with Crippen LogP contribution in [-0.4, -0.2) is 48.9 Å². The van der Waals surface area contributed by atoms with Crippen molar-refractivity contribution in [2.75, 3.05) is 37.5 Å². The molecule has 1 aliphatic carbocycles. The maximum absolute atomic E-state index is 12.0. The number of anilines is 1. The summed E-state index contributed by atoms with van der Waals surface area (Å²) in [6.07, 6.45) is 2.00. The van der Waals surface area contributed by atoms with Gasteiger partial charge in [-0.15, -0.1) is 0 Å². The lowest BCUT2D eigenvalue weighted by molar-refractivity contribution is -0.119. The van der Waals surface area contributed by atoms with Gasteiger partial charge in [-0.1, -0.05) is 12.1 Å². The lowest BCUT2D eigenvalue weighted by Crippen LogP contribution is -2.28. The lowest BCUT2D eigenvalue weighted by atomic mass is 10.1. The molecular weight excluding hydrogens is 322 g/mol. The fraction of sp³-hybridized carbons (Fsp3) is 0.556. The van der Waals surface area contributed by atoms with Crippen molar-refractivity contribution in [2.45, 2.75) is 25.8 Å². The first-order chi connectivity index (χ1) is 11.5. The molecule has 2 rings (SSSR count). The number of rotatable bonds is 9. The summed E-state index contributed by atoms with van der Waals surface area (Å²) < 4.78 is 0. The van der Waals surface area contributed by atoms with Crippen molar-refractivity contribution in [1.82, 2.24) is 10.2 Å². The minimum absolute atomic E-state index is 0.0415. The third-order valence-corrected chi connectivity index (χ3v) is 4.86. The molecule has 5 nitrogen and oxygen atoms in total. The Kier molecular flexibility index (Phi) is 7.12. The van der Waals surface area contributed by atoms with Gasteiger partial charge < -0.3 is 15.5 Å². The summed E-state index contributed by atoms with van der Waals surface area (Å²) in [5.74, 6) is 1.79. The maximum atomic E-state index is 12.0. The molecule has 6 heteroatoms. The zero-order chi connectivity index (χ0) is 17.5. The first-order valence-electron chi connectivity index (χ1n) is 8.38. The SMILES string of the molecule is CC(NC(=O)CSCCN(C)C)c1ccc(NC(=O)C2CC2)cc1. The van der Waals surface area contributed by atoms with Crippen LogP contribution < -0.4 is 10.6 Å². The van der Waals surface area contributed by atoms with E-state index in [1.807, 2.05) is 45.3 Å². The van der Waals surface area contributed by atoms with Crippen molar-refractivity contribution < 1.29 is 9.59 Å². The lowest BCUT2D eigenvalue weighted by Gasteiger charge is -2.15. The van der Waals surface area contributed by atoms with Crippen LogP contribution in [0.4, 0.5) is 5.69 Å². The Morgan fingerprint density at radius 1 is 1.25 bits per heavy atom. The highest BCUT2D eigenvalue weighted by Crippen LogP contribution is 2.30. The highest BCUT2D eigenvalue weighted by atomic mass is 32.2. The van der Waals surface area contributed by atoms with E-state index in [9.17, 15) is 9.59 Å². The minimum Gasteiger partial charge on any atom is -0.349 e. The molecule has 0 aromatic heterocycles. The zero-order valence-electron chi connectivity index (χ0n) is 14.7. The minimum atomic E-state index is -0.0415. The number of nitrogens with zero attached hydrogens (tertiary/aromatic N) is 1. The summed E-state index contributed by atoms with van der Waals surface area (Å²) in [4.78, 5) is 25.8. The summed E-state index contributed by atoms with van der Waals surface area (Å²) >= 11 is 1.64. The fourth-order valence-electron chi connectivity index (χ4n) is 2.22. The van der Waals surface area contributed by atoms with Gasteiger partial charge in [-0.05, 0) is 51.6 Å². The summed E-state index contributed by atoms with van der Waals surface area (Å²) in [5.41, 5.74) is 1.85. The van der Waals surface area contributed by atoms with Crippen LogP contribution in [0.5, 0.6) is 0 Å². The second kappa shape index (κ2) is 9.08. The molecule has 1 fully saturated rings. The van der Waals surface area contributed by atoms with Crippen LogP contribution in [0, 0.1) is 5.92 Å². The average Bonchev–Trinajstić information content (AvgIpc) is 3.37. The second-order valence-electron chi connectivity index (χ2n) is 6.53. The van der Waals surface area contributed by atoms with E-state index in [-0.39, 0.29) is 23.8 Å². The number of hydrogen-bond acceptors (Lipinski definition) is 4. The fourth-order valence-corrected chi connectivity index (χ4v) is 3.13. The van der Waals surface area contributed by atoms with Gasteiger partial charge in [0, 0.05) is 23.9 Å². The molecule has 1 atom stereocenters. The van der Waals surface area contributed by atoms with Gasteiger partial charge in [0.05, 0.1) is 11.8 Å². The molecule has 1 unspecified atom stereocenters. The van der Waals surface area contributed by atoms with Crippen molar-refractivity contribution in [1.29, 1.82) is 0 Å². The van der Waals surface area contributed by atoms with Gasteiger partial charge in [-0.2, -0.15) is 11.8 Å². The van der Waals surface area contributed by atoms with Crippen molar-refractivity contribution in [2.24, 2.45) is 5.92 Å². The van der Waals surface area contributed by atoms with Crippen molar-refractivity contribution in [3.05, 3.63) is 29.8 Å². The number of amides is 2. The number of thioether (sulfide) groups is 1. The molecule has 0 heterocycles. The van der Waals surface area contributed by atoms with Crippen LogP contribution >= 0.6 is 11.8 Å². The van der Waals surface area contributed by atoms with Gasteiger partial charge in [0.2, 0.25) is 11.8 Å². The van der Waals surface area contributed by atoms with Crippen molar-refractivity contribution >= 4 is 29.3 Å². The Balaban J connectivity index is 1.73. The van der Waals surface area contributed by atoms with E-state index in [0.717, 1.165) is 36.4 Å². The van der Waals surface area contributed by atoms with Crippen molar-refractivity contribution in [3.63, 3.8) is 0 Å². The second-order valence-corrected chi connectivity index (χ2v) is 7.64. The summed E-state index contributed by atoms with van der Waals surface area (Å²) in [7, 11) is 4.05. The van der Waals surface area contributed by atoms with Gasteiger partial charge in [0.25, 0.3) is 0 Å². The highest BCUT2D eigenvalue weighted by molar-refractivity contribution is 7.99. The normalized spacial score (nSPS) is 15.2. The molecular formula is C18H27N3O2S. The zero-order valence-corrected chi connectivity index (χ0v) is 15.5. The first kappa shape index (κ1) is 18.8. The first-order valence-corrected chi connectivity index (χ1v) is 9.54. The molecule has 0 saturated heterocycles. The topological polar surface area (TPSA) is 61.4 Å². The van der Waals surface area contributed by atoms with Gasteiger partial charge >= 0.3 is 0 Å². The summed E-state index contributed by atoms with van der Waals surface area (Å²) in [6, 6.07) is 7.65. The summed E-state index contributed by atoms with van der Waals surface area (Å²) in [6.45, 7) is 2.95. The third-order valence-electron chi connectivity index (χ3n) is 3.92. The Morgan fingerprint density at radius 2 is 1.92 bits per heavy atom. The highest BCUT2D eigenvalue weighted by Gasteiger charge is 2.29. The van der Waals surface area contributed by atoms with E-state index in [1.165, 1.54) is 0 Å². The monoisotopic (exact) mass is 349 g/mol. The van der Waals surface area contributed by atoms with E-state index in [4.69, 9.17) is 0 Å². The molecule has 1 aromatic rings. The molecule has 0 bridgehead atoms. The number of benzene rings is 1. The molecule has 0 spiro atoms. The standard InChI is InChI=1S/C18H27N3O2S/c1-13(19-17(22)12-24-11-10-21(2)3)14-6-8-16(9-7-14)20-18(23)15-4-5-15/h6-9,13,15H,4-5,10-12H2,1-3H3,(H,19,22)(H,20,23). The van der Waals surface area contributed by atoms with E-state index in [0.29, 0.717) is 5.75 Å². The predicted molar refractivity (Wildman–Crippen MR) is 100 cm³/mol. The Labute approximate surface area is 148 Å². The molecule has 0 radical (unpaired) electrons. The van der Waals surface area contributed by atoms with Crippen LogP contribution in [-0.2, 0) is 9.59 Å². The van der Waals surface area contributed by atoms with E-state index in [1.54, 1.807) is 11.8 Å². The molecule has 132 valence electrons. The Hall–Kier alpha value is -1.53. The van der Waals surface area contributed by atoms with Gasteiger partial charge in [0.1, 0.15) is 0 Å². The predicted octanol–water partition coefficient (Wildman–Crippen LogP) is 2.51. The van der Waals surface area contributed by atoms with Gasteiger partial charge in [-0.25, -0.2) is 0 Å². The quantitative estimate of drug-likeness (QED) is 0.673. The largest absolute Gasteiger partial charge is 0.349 e. The molecule has 2 amide bonds. The van der Waals surface area contributed by atoms with Crippen LogP contribution in [0.3, 0.4) is 0 Å². The molecule has 1 aliphatic rings. The Bertz CT molecular complexity index is 556. The molecule has 0 aliphatic heterocycles. The molecule has 2 N–H and O–H groups in total. The van der Waals surface area contributed by atoms with E-state index in [2.05, 4.69) is 15.5 Å². The summed E-state index contributed by atoms with van der Waals surface area (Å²) in [5, 5.41) is 5.93. The van der Waals surface area contributed by atoms with E-state index >= 15 is 0 Å². The smallest absolute Gasteiger partial charge is 0.230 e. The number of carbonyl (C=O) groups excluding carboxylic acids is 2. The average molecular weight is 350 g/mol. The molecule has 1 saturated carbocycles. The molecule has 24 heavy (non-hydrogen) atoms. The van der Waals surface area contributed by atoms with Crippen LogP contribution in [0.2, 0.25) is 0 Å². The van der Waals surface area contributed by atoms with Crippen LogP contribution in [0.1, 0.15) is 31.4 Å². The number of hydrogen-bond donors (Lipinski definition) is 2. The molecule has 1 aromatic carbocycles. The maximum Gasteiger partial charge on any atom is 0.230 e. The van der Waals surface area contributed by atoms with Crippen LogP contribution in [0.25, 0.3) is 0 Å². The van der Waals surface area contributed by atoms with E-state index < -0.39 is 0 Å². The van der Waals surface area contributed by atoms with Crippen molar-refractivity contribution in [3.8, 4) is 0 Å². The third kappa shape index (κ3) is 6.53. The van der Waals surface area contributed by atoms with Gasteiger partial charge in [-0.3, -0.25) is 9.59 Å². The number of nitrogens with one attached hydrogen (secondary N) is 2. The Morgan fingerprint density at radius 3 is 2.50 bits per heavy atom.